The maximum absolute atomic E-state index is 13.5. The maximum atomic E-state index is 13.5. The molecule has 0 atom stereocenters. The van der Waals surface area contributed by atoms with E-state index in [1.807, 2.05) is 54.6 Å². The zero-order valence-electron chi connectivity index (χ0n) is 20.9. The molecule has 4 aromatic carbocycles. The molecular weight excluding hydrogens is 533 g/mol. The quantitative estimate of drug-likeness (QED) is 0.227. The minimum Gasteiger partial charge on any atom is -0.489 e. The van der Waals surface area contributed by atoms with E-state index in [4.69, 9.17) is 32.9 Å². The summed E-state index contributed by atoms with van der Waals surface area (Å²) in [6.07, 6.45) is 3.70. The van der Waals surface area contributed by atoms with Gasteiger partial charge in [0.05, 0.1) is 26.6 Å². The molecule has 1 N–H and O–H groups in total. The molecule has 0 saturated heterocycles. The third kappa shape index (κ3) is 6.20. The number of nitrogens with zero attached hydrogens (tertiary/aromatic N) is 2. The number of carbonyl (C=O) groups is 1. The maximum Gasteiger partial charge on any atom is 0.266 e. The van der Waals surface area contributed by atoms with Gasteiger partial charge in [0.1, 0.15) is 18.2 Å². The molecule has 0 aliphatic heterocycles. The summed E-state index contributed by atoms with van der Waals surface area (Å²) in [5.41, 5.74) is 3.54. The SMILES string of the molecule is CC(=O)Nc1ccc(-n2c(C=Cc3ccc(OCc4ccc(Cl)c(Cl)c4)cc3)nc3ccccc3c2=O)cc1. The molecule has 6 nitrogen and oxygen atoms in total. The predicted molar refractivity (Wildman–Crippen MR) is 158 cm³/mol. The molecule has 39 heavy (non-hydrogen) atoms. The lowest BCUT2D eigenvalue weighted by Gasteiger charge is -2.12. The largest absolute Gasteiger partial charge is 0.489 e. The Labute approximate surface area is 235 Å². The fraction of sp³-hybridized carbons (Fsp3) is 0.0645. The number of amides is 1. The number of aromatic nitrogens is 2. The summed E-state index contributed by atoms with van der Waals surface area (Å²) in [6, 6.07) is 27.3. The van der Waals surface area contributed by atoms with E-state index in [2.05, 4.69) is 5.32 Å². The molecule has 1 aromatic heterocycles. The van der Waals surface area contributed by atoms with Crippen LogP contribution < -0.4 is 15.6 Å². The van der Waals surface area contributed by atoms with E-state index in [-0.39, 0.29) is 11.5 Å². The number of rotatable bonds is 7. The Morgan fingerprint density at radius 1 is 0.923 bits per heavy atom. The van der Waals surface area contributed by atoms with Gasteiger partial charge in [0.25, 0.3) is 5.56 Å². The second-order valence-electron chi connectivity index (χ2n) is 8.80. The molecule has 0 aliphatic carbocycles. The summed E-state index contributed by atoms with van der Waals surface area (Å²) in [6.45, 7) is 1.81. The molecular formula is C31H23Cl2N3O3. The first kappa shape index (κ1) is 26.2. The highest BCUT2D eigenvalue weighted by atomic mass is 35.5. The number of anilines is 1. The molecule has 194 valence electrons. The molecule has 8 heteroatoms. The Hall–Kier alpha value is -4.39. The van der Waals surface area contributed by atoms with Crippen molar-refractivity contribution in [2.75, 3.05) is 5.32 Å². The highest BCUT2D eigenvalue weighted by molar-refractivity contribution is 6.42. The third-order valence-electron chi connectivity index (χ3n) is 5.94. The standard InChI is InChI=1S/C31H23Cl2N3O3/c1-20(37)34-23-10-12-24(13-11-23)36-30(35-29-5-3-2-4-26(29)31(36)38)17-9-21-6-14-25(15-7-21)39-19-22-8-16-27(32)28(33)18-22/h2-18H,19H2,1H3,(H,34,37). The van der Waals surface area contributed by atoms with Crippen LogP contribution >= 0.6 is 23.2 Å². The summed E-state index contributed by atoms with van der Waals surface area (Å²) >= 11 is 12.1. The van der Waals surface area contributed by atoms with E-state index in [9.17, 15) is 9.59 Å². The van der Waals surface area contributed by atoms with E-state index in [0.29, 0.717) is 50.5 Å². The number of fused-ring (bicyclic) bond motifs is 1. The van der Waals surface area contributed by atoms with Gasteiger partial charge in [-0.3, -0.25) is 14.2 Å². The van der Waals surface area contributed by atoms with Crippen molar-refractivity contribution >= 4 is 57.9 Å². The van der Waals surface area contributed by atoms with Crippen molar-refractivity contribution in [3.05, 3.63) is 128 Å². The van der Waals surface area contributed by atoms with Crippen LogP contribution in [-0.2, 0) is 11.4 Å². The van der Waals surface area contributed by atoms with Gasteiger partial charge in [-0.2, -0.15) is 0 Å². The molecule has 0 aliphatic rings. The first-order valence-corrected chi connectivity index (χ1v) is 12.9. The van der Waals surface area contributed by atoms with Crippen LogP contribution in [0.5, 0.6) is 5.75 Å². The fourth-order valence-electron chi connectivity index (χ4n) is 4.05. The highest BCUT2D eigenvalue weighted by Crippen LogP contribution is 2.24. The monoisotopic (exact) mass is 555 g/mol. The van der Waals surface area contributed by atoms with Gasteiger partial charge < -0.3 is 10.1 Å². The number of hydrogen-bond acceptors (Lipinski definition) is 4. The number of halogens is 2. The summed E-state index contributed by atoms with van der Waals surface area (Å²) in [5.74, 6) is 1.02. The molecule has 0 spiro atoms. The predicted octanol–water partition coefficient (Wildman–Crippen LogP) is 7.40. The summed E-state index contributed by atoms with van der Waals surface area (Å²) in [4.78, 5) is 29.6. The van der Waals surface area contributed by atoms with E-state index >= 15 is 0 Å². The molecule has 1 amide bonds. The smallest absolute Gasteiger partial charge is 0.266 e. The van der Waals surface area contributed by atoms with Crippen molar-refractivity contribution < 1.29 is 9.53 Å². The summed E-state index contributed by atoms with van der Waals surface area (Å²) < 4.78 is 7.43. The molecule has 1 heterocycles. The fourth-order valence-corrected chi connectivity index (χ4v) is 4.37. The van der Waals surface area contributed by atoms with Crippen LogP contribution in [0.2, 0.25) is 10.0 Å². The minimum absolute atomic E-state index is 0.165. The molecule has 0 saturated carbocycles. The van der Waals surface area contributed by atoms with Crippen molar-refractivity contribution in [3.8, 4) is 11.4 Å². The van der Waals surface area contributed by atoms with E-state index in [1.165, 1.54) is 6.92 Å². The second-order valence-corrected chi connectivity index (χ2v) is 9.61. The topological polar surface area (TPSA) is 73.2 Å². The van der Waals surface area contributed by atoms with Crippen LogP contribution in [0.1, 0.15) is 23.9 Å². The van der Waals surface area contributed by atoms with Crippen LogP contribution in [0.4, 0.5) is 5.69 Å². The molecule has 0 fully saturated rings. The molecule has 5 aromatic rings. The number of benzene rings is 4. The van der Waals surface area contributed by atoms with Gasteiger partial charge in [-0.05, 0) is 77.9 Å². The Morgan fingerprint density at radius 2 is 1.67 bits per heavy atom. The Kier molecular flexibility index (Phi) is 7.77. The number of hydrogen-bond donors (Lipinski definition) is 1. The number of carbonyl (C=O) groups excluding carboxylic acids is 1. The van der Waals surface area contributed by atoms with Gasteiger partial charge in [0, 0.05) is 12.6 Å². The molecule has 0 unspecified atom stereocenters. The number of nitrogens with one attached hydrogen (secondary N) is 1. The van der Waals surface area contributed by atoms with E-state index < -0.39 is 0 Å². The van der Waals surface area contributed by atoms with Crippen molar-refractivity contribution in [1.82, 2.24) is 9.55 Å². The Balaban J connectivity index is 1.41. The molecule has 0 bridgehead atoms. The summed E-state index contributed by atoms with van der Waals surface area (Å²) in [5, 5.41) is 4.25. The van der Waals surface area contributed by atoms with Gasteiger partial charge in [-0.15, -0.1) is 0 Å². The van der Waals surface area contributed by atoms with Crippen molar-refractivity contribution in [1.29, 1.82) is 0 Å². The molecule has 5 rings (SSSR count). The van der Waals surface area contributed by atoms with Crippen molar-refractivity contribution in [2.24, 2.45) is 0 Å². The van der Waals surface area contributed by atoms with E-state index in [0.717, 1.165) is 11.1 Å². The average molecular weight is 556 g/mol. The van der Waals surface area contributed by atoms with Crippen LogP contribution in [-0.4, -0.2) is 15.5 Å². The van der Waals surface area contributed by atoms with Crippen molar-refractivity contribution in [3.63, 3.8) is 0 Å². The zero-order valence-corrected chi connectivity index (χ0v) is 22.4. The van der Waals surface area contributed by atoms with Gasteiger partial charge >= 0.3 is 0 Å². The lowest BCUT2D eigenvalue weighted by atomic mass is 10.2. The highest BCUT2D eigenvalue weighted by Gasteiger charge is 2.11. The minimum atomic E-state index is -0.182. The van der Waals surface area contributed by atoms with Crippen LogP contribution in [0.25, 0.3) is 28.7 Å². The lowest BCUT2D eigenvalue weighted by molar-refractivity contribution is -0.114. The second kappa shape index (κ2) is 11.6. The molecule has 0 radical (unpaired) electrons. The summed E-state index contributed by atoms with van der Waals surface area (Å²) in [7, 11) is 0. The average Bonchev–Trinajstić information content (AvgIpc) is 2.93. The van der Waals surface area contributed by atoms with E-state index in [1.54, 1.807) is 53.1 Å². The van der Waals surface area contributed by atoms with Crippen LogP contribution in [0, 0.1) is 0 Å². The lowest BCUT2D eigenvalue weighted by Crippen LogP contribution is -2.22. The zero-order chi connectivity index (χ0) is 27.4. The van der Waals surface area contributed by atoms with Gasteiger partial charge in [0.15, 0.2) is 0 Å². The van der Waals surface area contributed by atoms with Crippen LogP contribution in [0.15, 0.2) is 95.8 Å². The number of para-hydroxylation sites is 1. The van der Waals surface area contributed by atoms with Gasteiger partial charge in [-0.1, -0.05) is 59.6 Å². The van der Waals surface area contributed by atoms with Gasteiger partial charge in [0.2, 0.25) is 5.91 Å². The number of ether oxygens (including phenoxy) is 1. The Morgan fingerprint density at radius 3 is 2.38 bits per heavy atom. The first-order chi connectivity index (χ1) is 18.9. The van der Waals surface area contributed by atoms with Gasteiger partial charge in [-0.25, -0.2) is 4.98 Å². The first-order valence-electron chi connectivity index (χ1n) is 12.1. The van der Waals surface area contributed by atoms with Crippen molar-refractivity contribution in [2.45, 2.75) is 13.5 Å². The normalized spacial score (nSPS) is 11.2. The third-order valence-corrected chi connectivity index (χ3v) is 6.68. The van der Waals surface area contributed by atoms with Crippen LogP contribution in [0.3, 0.4) is 0 Å². The Bertz CT molecular complexity index is 1750.